The highest BCUT2D eigenvalue weighted by Gasteiger charge is 2.36. The van der Waals surface area contributed by atoms with E-state index in [1.54, 1.807) is 0 Å². The molecule has 0 aliphatic carbocycles. The largest absolute Gasteiger partial charge is 0.433 e. The zero-order valence-corrected chi connectivity index (χ0v) is 12.3. The number of halogens is 3. The maximum Gasteiger partial charge on any atom is 0.433 e. The SMILES string of the molecule is CC1CC(C)C(C)N(c2nc(C(F)(F)F)ccc2C#N)C1. The predicted octanol–water partition coefficient (Wildman–Crippen LogP) is 3.84. The molecule has 0 amide bonds. The number of hydrogen-bond acceptors (Lipinski definition) is 3. The van der Waals surface area contributed by atoms with Crippen molar-refractivity contribution in [2.24, 2.45) is 11.8 Å². The van der Waals surface area contributed by atoms with Crippen LogP contribution in [-0.2, 0) is 6.18 Å². The van der Waals surface area contributed by atoms with Crippen LogP contribution in [0.25, 0.3) is 0 Å². The van der Waals surface area contributed by atoms with Crippen LogP contribution in [0, 0.1) is 23.2 Å². The van der Waals surface area contributed by atoms with Gasteiger partial charge < -0.3 is 4.90 Å². The molecule has 3 nitrogen and oxygen atoms in total. The number of hydrogen-bond donors (Lipinski definition) is 0. The molecule has 1 aromatic heterocycles. The fourth-order valence-corrected chi connectivity index (χ4v) is 2.91. The Balaban J connectivity index is 2.48. The number of alkyl halides is 3. The van der Waals surface area contributed by atoms with Gasteiger partial charge in [0.1, 0.15) is 17.6 Å². The van der Waals surface area contributed by atoms with E-state index in [0.29, 0.717) is 18.4 Å². The van der Waals surface area contributed by atoms with Gasteiger partial charge in [-0.25, -0.2) is 4.98 Å². The van der Waals surface area contributed by atoms with Gasteiger partial charge in [0, 0.05) is 12.6 Å². The molecule has 1 fully saturated rings. The molecular weight excluding hydrogens is 279 g/mol. The Morgan fingerprint density at radius 1 is 1.29 bits per heavy atom. The molecule has 0 aromatic carbocycles. The van der Waals surface area contributed by atoms with Crippen molar-refractivity contribution in [1.82, 2.24) is 4.98 Å². The minimum atomic E-state index is -4.50. The van der Waals surface area contributed by atoms with Gasteiger partial charge in [-0.15, -0.1) is 0 Å². The van der Waals surface area contributed by atoms with Crippen LogP contribution < -0.4 is 4.90 Å². The third-order valence-electron chi connectivity index (χ3n) is 4.16. The fourth-order valence-electron chi connectivity index (χ4n) is 2.91. The molecule has 6 heteroatoms. The first kappa shape index (κ1) is 15.6. The summed E-state index contributed by atoms with van der Waals surface area (Å²) in [6.45, 7) is 6.73. The van der Waals surface area contributed by atoms with Crippen LogP contribution in [0.2, 0.25) is 0 Å². The monoisotopic (exact) mass is 297 g/mol. The summed E-state index contributed by atoms with van der Waals surface area (Å²) in [6.07, 6.45) is -3.47. The normalized spacial score (nSPS) is 26.5. The van der Waals surface area contributed by atoms with E-state index >= 15 is 0 Å². The summed E-state index contributed by atoms with van der Waals surface area (Å²) >= 11 is 0. The van der Waals surface area contributed by atoms with Crippen LogP contribution >= 0.6 is 0 Å². The first-order valence-corrected chi connectivity index (χ1v) is 6.99. The topological polar surface area (TPSA) is 39.9 Å². The van der Waals surface area contributed by atoms with Gasteiger partial charge in [-0.05, 0) is 37.3 Å². The molecule has 1 saturated heterocycles. The first-order valence-electron chi connectivity index (χ1n) is 6.99. The Bertz CT molecular complexity index is 562. The van der Waals surface area contributed by atoms with Gasteiger partial charge in [-0.1, -0.05) is 13.8 Å². The molecule has 0 N–H and O–H groups in total. The number of aromatic nitrogens is 1. The lowest BCUT2D eigenvalue weighted by Crippen LogP contribution is -2.46. The van der Waals surface area contributed by atoms with Crippen LogP contribution in [0.3, 0.4) is 0 Å². The summed E-state index contributed by atoms with van der Waals surface area (Å²) < 4.78 is 38.6. The summed E-state index contributed by atoms with van der Waals surface area (Å²) in [5.41, 5.74) is -0.759. The van der Waals surface area contributed by atoms with E-state index < -0.39 is 11.9 Å². The maximum absolute atomic E-state index is 12.9. The van der Waals surface area contributed by atoms with E-state index in [1.807, 2.05) is 17.9 Å². The molecule has 1 aliphatic heterocycles. The Labute approximate surface area is 122 Å². The molecule has 0 radical (unpaired) electrons. The summed E-state index contributed by atoms with van der Waals surface area (Å²) in [6, 6.07) is 4.08. The van der Waals surface area contributed by atoms with Crippen molar-refractivity contribution >= 4 is 5.82 Å². The summed E-state index contributed by atoms with van der Waals surface area (Å²) in [5.74, 6) is 0.856. The van der Waals surface area contributed by atoms with Gasteiger partial charge in [-0.3, -0.25) is 0 Å². The second-order valence-electron chi connectivity index (χ2n) is 5.89. The Kier molecular flexibility index (Phi) is 4.13. The summed E-state index contributed by atoms with van der Waals surface area (Å²) in [4.78, 5) is 5.58. The Hall–Kier alpha value is -1.77. The van der Waals surface area contributed by atoms with Crippen LogP contribution in [0.15, 0.2) is 12.1 Å². The number of rotatable bonds is 1. The summed E-state index contributed by atoms with van der Waals surface area (Å²) in [5, 5.41) is 9.16. The van der Waals surface area contributed by atoms with Crippen molar-refractivity contribution < 1.29 is 13.2 Å². The molecule has 114 valence electrons. The molecular formula is C15H18F3N3. The lowest BCUT2D eigenvalue weighted by Gasteiger charge is -2.42. The molecule has 0 bridgehead atoms. The zero-order valence-electron chi connectivity index (χ0n) is 12.3. The van der Waals surface area contributed by atoms with Crippen molar-refractivity contribution in [1.29, 1.82) is 5.26 Å². The molecule has 0 spiro atoms. The van der Waals surface area contributed by atoms with Gasteiger partial charge >= 0.3 is 6.18 Å². The highest BCUT2D eigenvalue weighted by molar-refractivity contribution is 5.55. The maximum atomic E-state index is 12.9. The van der Waals surface area contributed by atoms with Crippen molar-refractivity contribution in [3.8, 4) is 6.07 Å². The number of pyridine rings is 1. The highest BCUT2D eigenvalue weighted by Crippen LogP contribution is 2.35. The molecule has 1 aromatic rings. The van der Waals surface area contributed by atoms with E-state index in [9.17, 15) is 13.2 Å². The molecule has 3 unspecified atom stereocenters. The zero-order chi connectivity index (χ0) is 15.8. The van der Waals surface area contributed by atoms with Gasteiger partial charge in [0.15, 0.2) is 0 Å². The van der Waals surface area contributed by atoms with Crippen LogP contribution in [0.1, 0.15) is 38.4 Å². The van der Waals surface area contributed by atoms with Crippen molar-refractivity contribution in [2.45, 2.75) is 39.4 Å². The van der Waals surface area contributed by atoms with Gasteiger partial charge in [0.05, 0.1) is 5.56 Å². The molecule has 2 heterocycles. The van der Waals surface area contributed by atoms with E-state index in [2.05, 4.69) is 18.8 Å². The van der Waals surface area contributed by atoms with E-state index in [0.717, 1.165) is 12.5 Å². The average molecular weight is 297 g/mol. The van der Waals surface area contributed by atoms with Gasteiger partial charge in [0.25, 0.3) is 0 Å². The lowest BCUT2D eigenvalue weighted by molar-refractivity contribution is -0.141. The first-order chi connectivity index (χ1) is 9.74. The number of piperidine rings is 1. The molecule has 3 atom stereocenters. The fraction of sp³-hybridized carbons (Fsp3) is 0.600. The van der Waals surface area contributed by atoms with Crippen LogP contribution in [0.4, 0.5) is 19.0 Å². The molecule has 1 aliphatic rings. The number of anilines is 1. The number of nitrogens with zero attached hydrogens (tertiary/aromatic N) is 3. The second kappa shape index (κ2) is 5.55. The van der Waals surface area contributed by atoms with Crippen LogP contribution in [0.5, 0.6) is 0 Å². The lowest BCUT2D eigenvalue weighted by atomic mass is 9.86. The van der Waals surface area contributed by atoms with E-state index in [1.165, 1.54) is 6.07 Å². The molecule has 2 rings (SSSR count). The van der Waals surface area contributed by atoms with Crippen molar-refractivity contribution in [3.63, 3.8) is 0 Å². The van der Waals surface area contributed by atoms with Gasteiger partial charge in [0.2, 0.25) is 0 Å². The molecule has 21 heavy (non-hydrogen) atoms. The van der Waals surface area contributed by atoms with E-state index in [-0.39, 0.29) is 17.4 Å². The Morgan fingerprint density at radius 3 is 2.52 bits per heavy atom. The second-order valence-corrected chi connectivity index (χ2v) is 5.89. The third-order valence-corrected chi connectivity index (χ3v) is 4.16. The Morgan fingerprint density at radius 2 is 1.95 bits per heavy atom. The number of nitriles is 1. The van der Waals surface area contributed by atoms with Crippen molar-refractivity contribution in [3.05, 3.63) is 23.4 Å². The minimum absolute atomic E-state index is 0.0595. The minimum Gasteiger partial charge on any atom is -0.352 e. The average Bonchev–Trinajstić information content (AvgIpc) is 2.41. The summed E-state index contributed by atoms with van der Waals surface area (Å²) in [7, 11) is 0. The van der Waals surface area contributed by atoms with Crippen LogP contribution in [-0.4, -0.2) is 17.6 Å². The standard InChI is InChI=1S/C15H18F3N3/c1-9-6-10(2)11(3)21(8-9)14-12(7-19)4-5-13(20-14)15(16,17)18/h4-5,9-11H,6,8H2,1-3H3. The third kappa shape index (κ3) is 3.12. The quantitative estimate of drug-likeness (QED) is 0.790. The van der Waals surface area contributed by atoms with Crippen molar-refractivity contribution in [2.75, 3.05) is 11.4 Å². The molecule has 0 saturated carbocycles. The smallest absolute Gasteiger partial charge is 0.352 e. The predicted molar refractivity (Wildman–Crippen MR) is 73.7 cm³/mol. The van der Waals surface area contributed by atoms with Gasteiger partial charge in [-0.2, -0.15) is 18.4 Å². The van der Waals surface area contributed by atoms with E-state index in [4.69, 9.17) is 5.26 Å². The highest BCUT2D eigenvalue weighted by atomic mass is 19.4.